The summed E-state index contributed by atoms with van der Waals surface area (Å²) in [7, 11) is 20.3. The number of hydrogen-bond donors (Lipinski definition) is 4. The fourth-order valence-electron chi connectivity index (χ4n) is 16.0. The summed E-state index contributed by atoms with van der Waals surface area (Å²) in [6, 6.07) is 48.5. The average molecular weight is 2170 g/mol. The number of rotatable bonds is 13. The van der Waals surface area contributed by atoms with E-state index in [1.807, 2.05) is 163 Å². The van der Waals surface area contributed by atoms with Crippen molar-refractivity contribution in [3.05, 3.63) is 238 Å². The third-order valence-corrected chi connectivity index (χ3v) is 26.4. The molecule has 9 aromatic rings. The standard InChI is InChI=1S/C23H27N5O3S.C21H23ClN4O.C20H30N2O3.C15H22N2O.C10H20N2O2.C9H10BrNO.C6H2Cl2N2.C3H6O2S.C2H6/c1-26(2)22(29)15-5-7-16(8-6-15)27-11-4-12-28(14-13-27)17-9-10-25-21-18(17)19(24)20(32-21)23(30)31-3;1-25(2)21(27)17-7-5-16(6-8-17)15-4-3-12-26(13-10-15)19-9-11-24-20(22)18(19)14-23;1-20(2,3)25-19(24)22-13-6-7-15(12-14-22)16-8-10-17(11-9-16)18(23)21(4)5;1-17(2)15(18)14-7-5-13(6-8-14)12-4-3-10-16-11-9-12;1-10(2,3)14-9(13)12-7-4-5-11-6-8-12;1-11(2)9(12)7-3-5-8(10)6-4-7;7-5-1-2-10-6(8)4(5)3-9;1-5-3(4)2-6;1-2/h5-10H,4,11-14,24H2,1-3H3;5-9,11,15H,3-4,10,12-13H2,1-2H3;8-11,15H,6-7,12-14H2,1-5H3;5-8,12,16H,3-4,9-11H2,1-2H3;11H,4-8H2,1-3H3;3-6H,1-2H3;1-2H;6H,2H2,1H3;1-2H3. The molecule has 5 aliphatic rings. The predicted octanol–water partition coefficient (Wildman–Crippen LogP) is 20.0. The van der Waals surface area contributed by atoms with Crippen LogP contribution in [0.4, 0.5) is 32.3 Å². The van der Waals surface area contributed by atoms with Crippen molar-refractivity contribution in [3.8, 4) is 12.1 Å². The molecule has 0 aliphatic carbocycles. The summed E-state index contributed by atoms with van der Waals surface area (Å²) in [5, 5.41) is 26.1. The fraction of sp³-hybridized carbons (Fsp3) is 0.468. The number of esters is 2. The number of nitrogens with one attached hydrogen (secondary N) is 2. The largest absolute Gasteiger partial charge is 0.468 e. The number of nitrogen functional groups attached to an aromatic ring is 1. The number of fused-ring (bicyclic) bond motifs is 1. The number of halogens is 4. The molecule has 4 aromatic heterocycles. The minimum absolute atomic E-state index is 0.0000266. The highest BCUT2D eigenvalue weighted by atomic mass is 79.9. The number of aromatic nitrogens is 3. The molecule has 146 heavy (non-hydrogen) atoms. The number of nitrogens with zero attached hydrogens (tertiary/aromatic N) is 15. The van der Waals surface area contributed by atoms with E-state index in [-0.39, 0.29) is 69.3 Å². The quantitative estimate of drug-likeness (QED) is 0.0360. The summed E-state index contributed by atoms with van der Waals surface area (Å²) in [6.45, 7) is 27.6. The van der Waals surface area contributed by atoms with Crippen LogP contribution in [0.15, 0.2) is 163 Å². The number of amides is 7. The highest BCUT2D eigenvalue weighted by Gasteiger charge is 2.31. The maximum atomic E-state index is 12.3. The normalized spacial score (nSPS) is 15.5. The number of anilines is 4. The third-order valence-electron chi connectivity index (χ3n) is 23.6. The molecule has 5 aliphatic heterocycles. The molecule has 5 saturated heterocycles. The predicted molar refractivity (Wildman–Crippen MR) is 593 cm³/mol. The molecule has 7 amide bonds. The number of carbonyl (C=O) groups excluding carboxylic acids is 9. The maximum Gasteiger partial charge on any atom is 0.410 e. The van der Waals surface area contributed by atoms with Gasteiger partial charge in [0.15, 0.2) is 0 Å². The lowest BCUT2D eigenvalue weighted by molar-refractivity contribution is -0.137. The second-order valence-electron chi connectivity index (χ2n) is 37.7. The SMILES string of the molecule is CC.CC(C)(C)OC(=O)N1CCCNCC1.CN(C)C(=O)c1ccc(Br)cc1.CN(C)C(=O)c1ccc(C2CCCN(C(=O)OC(C)(C)C)CC2)cc1.CN(C)C(=O)c1ccc(C2CCCN(c3ccnc(Cl)c3C#N)CC2)cc1.CN(C)C(=O)c1ccc(C2CCCNCC2)cc1.COC(=O)CS.COC(=O)c1sc2nccc(N3CCCN(c4ccc(C(=O)N(C)C)cc4)CC3)c2c1N.N#Cc1c(Cl)ccnc1Cl. The van der Waals surface area contributed by atoms with Gasteiger partial charge < -0.3 is 84.3 Å². The van der Waals surface area contributed by atoms with Gasteiger partial charge in [-0.25, -0.2) is 29.3 Å². The molecule has 3 atom stereocenters. The Hall–Kier alpha value is -11.9. The smallest absolute Gasteiger partial charge is 0.410 e. The van der Waals surface area contributed by atoms with Gasteiger partial charge in [0.05, 0.1) is 47.4 Å². The van der Waals surface area contributed by atoms with E-state index < -0.39 is 17.2 Å². The average Bonchev–Trinajstić information content (AvgIpc) is 1.62. The summed E-state index contributed by atoms with van der Waals surface area (Å²) in [4.78, 5) is 137. The van der Waals surface area contributed by atoms with Gasteiger partial charge in [0.2, 0.25) is 0 Å². The Kier molecular flexibility index (Phi) is 52.4. The van der Waals surface area contributed by atoms with Gasteiger partial charge in [0.25, 0.3) is 29.5 Å². The van der Waals surface area contributed by atoms with E-state index in [4.69, 9.17) is 60.0 Å². The van der Waals surface area contributed by atoms with Crippen molar-refractivity contribution < 1.29 is 62.1 Å². The Bertz CT molecular complexity index is 5720. The van der Waals surface area contributed by atoms with Crippen LogP contribution in [0.25, 0.3) is 10.2 Å². The second-order valence-corrected chi connectivity index (χ2v) is 41.0. The molecule has 790 valence electrons. The van der Waals surface area contributed by atoms with Crippen LogP contribution in [0.5, 0.6) is 0 Å². The lowest BCUT2D eigenvalue weighted by Crippen LogP contribution is -2.38. The van der Waals surface area contributed by atoms with Gasteiger partial charge in [0.1, 0.15) is 54.5 Å². The zero-order valence-electron chi connectivity index (χ0n) is 88.1. The summed E-state index contributed by atoms with van der Waals surface area (Å²) in [5.41, 5.74) is 17.0. The van der Waals surface area contributed by atoms with Gasteiger partial charge in [0, 0.05) is 199 Å². The van der Waals surface area contributed by atoms with E-state index in [0.717, 1.165) is 174 Å². The molecule has 5 fully saturated rings. The number of nitrogens with two attached hydrogens (primary N) is 1. The van der Waals surface area contributed by atoms with Crippen molar-refractivity contribution in [2.24, 2.45) is 0 Å². The summed E-state index contributed by atoms with van der Waals surface area (Å²) in [6.07, 6.45) is 16.1. The van der Waals surface area contributed by atoms with Crippen molar-refractivity contribution >= 4 is 161 Å². The van der Waals surface area contributed by atoms with Crippen LogP contribution in [0, 0.1) is 22.7 Å². The van der Waals surface area contributed by atoms with Gasteiger partial charge in [-0.1, -0.05) is 101 Å². The van der Waals surface area contributed by atoms with E-state index in [1.165, 1.54) is 73.8 Å². The number of carbonyl (C=O) groups is 9. The summed E-state index contributed by atoms with van der Waals surface area (Å²) < 4.78 is 20.8. The Morgan fingerprint density at radius 1 is 0.445 bits per heavy atom. The van der Waals surface area contributed by atoms with Crippen molar-refractivity contribution in [2.45, 2.75) is 155 Å². The van der Waals surface area contributed by atoms with Crippen molar-refractivity contribution in [2.75, 3.05) is 203 Å². The number of methoxy groups -OCH3 is 2. The van der Waals surface area contributed by atoms with E-state index in [1.54, 1.807) is 124 Å². The minimum Gasteiger partial charge on any atom is -0.468 e. The van der Waals surface area contributed by atoms with E-state index in [9.17, 15) is 48.4 Å². The van der Waals surface area contributed by atoms with Crippen LogP contribution in [0.2, 0.25) is 15.3 Å². The molecule has 0 spiro atoms. The topological polar surface area (TPSA) is 359 Å². The lowest BCUT2D eigenvalue weighted by Gasteiger charge is -2.26. The lowest BCUT2D eigenvalue weighted by atomic mass is 9.91. The number of benzene rings is 5. The Labute approximate surface area is 895 Å². The van der Waals surface area contributed by atoms with Crippen LogP contribution in [0.1, 0.15) is 233 Å². The van der Waals surface area contributed by atoms with Crippen molar-refractivity contribution in [3.63, 3.8) is 0 Å². The van der Waals surface area contributed by atoms with E-state index in [0.29, 0.717) is 67.7 Å². The molecule has 4 N–H and O–H groups in total. The summed E-state index contributed by atoms with van der Waals surface area (Å²) in [5.74, 6) is 1.08. The molecule has 3 unspecified atom stereocenters. The van der Waals surface area contributed by atoms with Crippen LogP contribution in [-0.2, 0) is 23.7 Å². The van der Waals surface area contributed by atoms with Crippen LogP contribution in [-0.4, -0.2) is 296 Å². The first-order valence-corrected chi connectivity index (χ1v) is 52.3. The highest BCUT2D eigenvalue weighted by Crippen LogP contribution is 2.41. The number of hydrogen-bond acceptors (Lipinski definition) is 26. The van der Waals surface area contributed by atoms with Crippen LogP contribution >= 0.6 is 74.7 Å². The molecule has 31 nitrogen and oxygen atoms in total. The van der Waals surface area contributed by atoms with E-state index >= 15 is 0 Å². The molecule has 0 saturated carbocycles. The first-order valence-electron chi connectivity index (χ1n) is 49.0. The van der Waals surface area contributed by atoms with Gasteiger partial charge in [-0.3, -0.25) is 28.8 Å². The van der Waals surface area contributed by atoms with Gasteiger partial charge >= 0.3 is 24.1 Å². The highest BCUT2D eigenvalue weighted by molar-refractivity contribution is 9.10. The maximum absolute atomic E-state index is 12.3. The van der Waals surface area contributed by atoms with Gasteiger partial charge in [-0.2, -0.15) is 23.2 Å². The Morgan fingerprint density at radius 3 is 1.27 bits per heavy atom. The molecular weight excluding hydrogens is 2020 g/mol. The van der Waals surface area contributed by atoms with Crippen molar-refractivity contribution in [1.82, 2.24) is 59.9 Å². The first kappa shape index (κ1) is 123. The number of thiophene rings is 1. The molecule has 14 rings (SSSR count). The first-order chi connectivity index (χ1) is 69.4. The monoisotopic (exact) mass is 2160 g/mol. The number of thiol groups is 1. The second kappa shape index (κ2) is 62.3. The van der Waals surface area contributed by atoms with Gasteiger partial charge in [-0.05, 0) is 269 Å². The Morgan fingerprint density at radius 2 is 0.829 bits per heavy atom. The van der Waals surface area contributed by atoms with Gasteiger partial charge in [-0.15, -0.1) is 11.3 Å². The zero-order chi connectivity index (χ0) is 108. The molecule has 0 radical (unpaired) electrons. The molecule has 5 aromatic carbocycles. The molecular formula is C109H146BrCl3N18O13S2. The summed E-state index contributed by atoms with van der Waals surface area (Å²) >= 11 is 25.4. The molecule has 9 heterocycles. The third kappa shape index (κ3) is 39.7. The molecule has 0 bridgehead atoms. The Balaban J connectivity index is 0.000000264. The fourth-order valence-corrected chi connectivity index (χ4v) is 18.1. The number of pyridine rings is 3. The zero-order valence-corrected chi connectivity index (χ0v) is 93.7. The molecule has 37 heteroatoms. The van der Waals surface area contributed by atoms with Crippen LogP contribution < -0.4 is 31.1 Å². The van der Waals surface area contributed by atoms with E-state index in [2.05, 4.69) is 104 Å². The number of nitriles is 2. The number of ether oxygens (including phenoxy) is 4. The van der Waals surface area contributed by atoms with Crippen LogP contribution in [0.3, 0.4) is 0 Å². The van der Waals surface area contributed by atoms with Crippen molar-refractivity contribution in [1.29, 1.82) is 10.5 Å². The minimum atomic E-state index is -0.461. The number of likely N-dealkylation sites (tertiary alicyclic amines) is 1.